The van der Waals surface area contributed by atoms with E-state index in [9.17, 15) is 14.7 Å². The Bertz CT molecular complexity index is 695. The van der Waals surface area contributed by atoms with Gasteiger partial charge in [-0.25, -0.2) is 0 Å². The van der Waals surface area contributed by atoms with Crippen molar-refractivity contribution in [2.45, 2.75) is 26.3 Å². The van der Waals surface area contributed by atoms with Crippen LogP contribution >= 0.6 is 24.0 Å². The second-order valence-electron chi connectivity index (χ2n) is 5.09. The molecular weight excluding hydrogens is 330 g/mol. The Hall–Kier alpha value is -1.92. The molecule has 120 valence electrons. The number of nitrogens with zero attached hydrogens (tertiary/aromatic N) is 1. The monoisotopic (exact) mass is 346 g/mol. The molecule has 1 aliphatic rings. The molecule has 4 nitrogen and oxygen atoms in total. The molecule has 1 atom stereocenters. The third kappa shape index (κ3) is 4.09. The highest BCUT2D eigenvalue weighted by Crippen LogP contribution is 2.34. The quantitative estimate of drug-likeness (QED) is 0.605. The SMILES string of the molecule is CC[C@H](C(=O)[O-])N1C(=O)C(=CC(C)=Cc2ccccc2)SC1=S. The Balaban J connectivity index is 2.25. The summed E-state index contributed by atoms with van der Waals surface area (Å²) >= 11 is 6.27. The van der Waals surface area contributed by atoms with Crippen LogP contribution in [-0.2, 0) is 9.59 Å². The van der Waals surface area contributed by atoms with Crippen LogP contribution in [-0.4, -0.2) is 27.1 Å². The number of hydrogen-bond donors (Lipinski definition) is 0. The number of hydrogen-bond acceptors (Lipinski definition) is 5. The third-order valence-electron chi connectivity index (χ3n) is 3.35. The van der Waals surface area contributed by atoms with Gasteiger partial charge in [0.25, 0.3) is 5.91 Å². The average molecular weight is 346 g/mol. The van der Waals surface area contributed by atoms with Crippen molar-refractivity contribution in [2.24, 2.45) is 0 Å². The van der Waals surface area contributed by atoms with Gasteiger partial charge in [-0.2, -0.15) is 0 Å². The molecule has 0 saturated carbocycles. The number of carbonyl (C=O) groups is 2. The number of aliphatic carboxylic acids is 1. The first kappa shape index (κ1) is 17.4. The fraction of sp³-hybridized carbons (Fsp3) is 0.235. The minimum absolute atomic E-state index is 0.251. The summed E-state index contributed by atoms with van der Waals surface area (Å²) in [7, 11) is 0. The summed E-state index contributed by atoms with van der Waals surface area (Å²) in [6.45, 7) is 3.57. The Labute approximate surface area is 144 Å². The van der Waals surface area contributed by atoms with Crippen LogP contribution in [0.25, 0.3) is 6.08 Å². The zero-order chi connectivity index (χ0) is 17.0. The third-order valence-corrected chi connectivity index (χ3v) is 4.68. The van der Waals surface area contributed by atoms with Gasteiger partial charge in [0, 0.05) is 0 Å². The molecule has 0 unspecified atom stereocenters. The number of thiocarbonyl (C=S) groups is 1. The van der Waals surface area contributed by atoms with Gasteiger partial charge in [0.2, 0.25) is 0 Å². The molecule has 1 aliphatic heterocycles. The van der Waals surface area contributed by atoms with E-state index in [0.717, 1.165) is 27.8 Å². The van der Waals surface area contributed by atoms with E-state index < -0.39 is 12.0 Å². The molecule has 0 spiro atoms. The van der Waals surface area contributed by atoms with E-state index in [1.54, 1.807) is 13.0 Å². The molecule has 6 heteroatoms. The lowest BCUT2D eigenvalue weighted by molar-refractivity contribution is -0.310. The van der Waals surface area contributed by atoms with Crippen LogP contribution in [0.2, 0.25) is 0 Å². The first-order chi connectivity index (χ1) is 10.9. The lowest BCUT2D eigenvalue weighted by Crippen LogP contribution is -2.49. The lowest BCUT2D eigenvalue weighted by Gasteiger charge is -2.26. The van der Waals surface area contributed by atoms with Crippen molar-refractivity contribution in [3.05, 3.63) is 52.4 Å². The minimum atomic E-state index is -1.29. The molecule has 1 heterocycles. The van der Waals surface area contributed by atoms with Gasteiger partial charge in [-0.3, -0.25) is 9.69 Å². The number of carboxylic acids is 1. The maximum Gasteiger partial charge on any atom is 0.266 e. The molecule has 0 N–H and O–H groups in total. The summed E-state index contributed by atoms with van der Waals surface area (Å²) in [4.78, 5) is 25.2. The second kappa shape index (κ2) is 7.57. The molecule has 1 aromatic rings. The summed E-state index contributed by atoms with van der Waals surface area (Å²) in [5, 5.41) is 11.2. The number of carbonyl (C=O) groups excluding carboxylic acids is 2. The largest absolute Gasteiger partial charge is 0.548 e. The van der Waals surface area contributed by atoms with Gasteiger partial charge < -0.3 is 9.90 Å². The van der Waals surface area contributed by atoms with Crippen molar-refractivity contribution in [1.82, 2.24) is 4.90 Å². The predicted molar refractivity (Wildman–Crippen MR) is 94.3 cm³/mol. The summed E-state index contributed by atoms with van der Waals surface area (Å²) in [5.41, 5.74) is 1.91. The standard InChI is InChI=1S/C17H17NO3S2/c1-3-13(16(20)21)18-15(19)14(23-17(18)22)10-11(2)9-12-7-5-4-6-8-12/h4-10,13H,3H2,1-2H3,(H,20,21)/p-1/t13-/m1/s1. The van der Waals surface area contributed by atoms with Gasteiger partial charge in [-0.05, 0) is 30.6 Å². The van der Waals surface area contributed by atoms with Gasteiger partial charge in [0.05, 0.1) is 16.9 Å². The first-order valence-corrected chi connectivity index (χ1v) is 8.37. The fourth-order valence-electron chi connectivity index (χ4n) is 2.26. The van der Waals surface area contributed by atoms with Gasteiger partial charge in [0.15, 0.2) is 0 Å². The van der Waals surface area contributed by atoms with E-state index in [4.69, 9.17) is 12.2 Å². The number of carboxylic acid groups (broad SMARTS) is 1. The maximum atomic E-state index is 12.4. The van der Waals surface area contributed by atoms with Crippen molar-refractivity contribution in [3.8, 4) is 0 Å². The number of amides is 1. The van der Waals surface area contributed by atoms with E-state index in [1.807, 2.05) is 43.3 Å². The molecule has 0 aromatic heterocycles. The summed E-state index contributed by atoms with van der Waals surface area (Å²) in [6.07, 6.45) is 3.93. The number of thioether (sulfide) groups is 1. The van der Waals surface area contributed by atoms with Crippen LogP contribution in [0.4, 0.5) is 0 Å². The van der Waals surface area contributed by atoms with Gasteiger partial charge in [-0.15, -0.1) is 0 Å². The molecule has 1 fully saturated rings. The van der Waals surface area contributed by atoms with Gasteiger partial charge >= 0.3 is 0 Å². The number of allylic oxidation sites excluding steroid dienone is 2. The molecule has 0 aliphatic carbocycles. The Morgan fingerprint density at radius 3 is 2.61 bits per heavy atom. The smallest absolute Gasteiger partial charge is 0.266 e. The van der Waals surface area contributed by atoms with E-state index >= 15 is 0 Å². The maximum absolute atomic E-state index is 12.4. The highest BCUT2D eigenvalue weighted by molar-refractivity contribution is 8.26. The topological polar surface area (TPSA) is 60.4 Å². The zero-order valence-electron chi connectivity index (χ0n) is 12.8. The highest BCUT2D eigenvalue weighted by atomic mass is 32.2. The summed E-state index contributed by atoms with van der Waals surface area (Å²) < 4.78 is 0.254. The second-order valence-corrected chi connectivity index (χ2v) is 6.77. The van der Waals surface area contributed by atoms with Crippen molar-refractivity contribution in [1.29, 1.82) is 0 Å². The van der Waals surface area contributed by atoms with Crippen LogP contribution < -0.4 is 5.11 Å². The molecular formula is C17H16NO3S2-. The minimum Gasteiger partial charge on any atom is -0.548 e. The van der Waals surface area contributed by atoms with E-state index in [0.29, 0.717) is 4.91 Å². The highest BCUT2D eigenvalue weighted by Gasteiger charge is 2.36. The van der Waals surface area contributed by atoms with Crippen molar-refractivity contribution >= 4 is 46.3 Å². The van der Waals surface area contributed by atoms with E-state index in [1.165, 1.54) is 0 Å². The van der Waals surface area contributed by atoms with Crippen LogP contribution in [0.1, 0.15) is 25.8 Å². The number of rotatable bonds is 5. The van der Waals surface area contributed by atoms with Gasteiger partial charge in [-0.1, -0.05) is 67.3 Å². The van der Waals surface area contributed by atoms with Gasteiger partial charge in [0.1, 0.15) is 4.32 Å². The van der Waals surface area contributed by atoms with Crippen molar-refractivity contribution in [3.63, 3.8) is 0 Å². The fourth-order valence-corrected chi connectivity index (χ4v) is 3.67. The molecule has 23 heavy (non-hydrogen) atoms. The molecule has 1 aromatic carbocycles. The summed E-state index contributed by atoms with van der Waals surface area (Å²) in [5.74, 6) is -1.67. The van der Waals surface area contributed by atoms with Crippen LogP contribution in [0.3, 0.4) is 0 Å². The van der Waals surface area contributed by atoms with Crippen LogP contribution in [0.5, 0.6) is 0 Å². The molecule has 2 rings (SSSR count). The zero-order valence-corrected chi connectivity index (χ0v) is 14.4. The number of benzene rings is 1. The van der Waals surface area contributed by atoms with E-state index in [2.05, 4.69) is 0 Å². The first-order valence-electron chi connectivity index (χ1n) is 7.15. The van der Waals surface area contributed by atoms with Crippen molar-refractivity contribution in [2.75, 3.05) is 0 Å². The normalized spacial score (nSPS) is 18.6. The molecule has 0 bridgehead atoms. The Morgan fingerprint density at radius 1 is 1.39 bits per heavy atom. The molecule has 0 radical (unpaired) electrons. The lowest BCUT2D eigenvalue weighted by atomic mass is 10.1. The summed E-state index contributed by atoms with van der Waals surface area (Å²) in [6, 6.07) is 8.71. The molecule has 1 saturated heterocycles. The van der Waals surface area contributed by atoms with Crippen LogP contribution in [0.15, 0.2) is 46.9 Å². The van der Waals surface area contributed by atoms with Crippen LogP contribution in [0, 0.1) is 0 Å². The Kier molecular flexibility index (Phi) is 5.74. The van der Waals surface area contributed by atoms with Crippen molar-refractivity contribution < 1.29 is 14.7 Å². The molecule has 1 amide bonds. The predicted octanol–water partition coefficient (Wildman–Crippen LogP) is 2.36. The van der Waals surface area contributed by atoms with E-state index in [-0.39, 0.29) is 16.6 Å². The Morgan fingerprint density at radius 2 is 2.04 bits per heavy atom. The average Bonchev–Trinajstić information content (AvgIpc) is 2.76.